The molecule has 0 aromatic heterocycles. The van der Waals surface area contributed by atoms with Gasteiger partial charge in [-0.1, -0.05) is 129 Å². The second kappa shape index (κ2) is 21.0. The van der Waals surface area contributed by atoms with E-state index in [1.807, 2.05) is 26.0 Å². The zero-order chi connectivity index (χ0) is 35.9. The van der Waals surface area contributed by atoms with Crippen molar-refractivity contribution >= 4 is 11.9 Å². The molecule has 2 aromatic rings. The largest absolute Gasteiger partial charge is 0.455 e. The highest BCUT2D eigenvalue weighted by Gasteiger charge is 2.29. The van der Waals surface area contributed by atoms with Crippen molar-refractivity contribution < 1.29 is 19.1 Å². The Hall–Kier alpha value is -2.62. The SMILES string of the molecule is CCCCC(CCC)c1ccc(C(=O)OC(C)C(C)OC(=O)c2ccc(C(CCC)CCCC)cc2C2CCCCC2)c(C2CCCCC2)c1. The monoisotopic (exact) mass is 687 g/mol. The molecule has 2 aliphatic carbocycles. The summed E-state index contributed by atoms with van der Waals surface area (Å²) >= 11 is 0. The summed E-state index contributed by atoms with van der Waals surface area (Å²) in [6.45, 7) is 12.8. The number of hydrogen-bond acceptors (Lipinski definition) is 4. The highest BCUT2D eigenvalue weighted by Crippen LogP contribution is 2.39. The summed E-state index contributed by atoms with van der Waals surface area (Å²) in [4.78, 5) is 27.8. The Kier molecular flexibility index (Phi) is 16.9. The van der Waals surface area contributed by atoms with Crippen molar-refractivity contribution in [2.45, 2.75) is 206 Å². The van der Waals surface area contributed by atoms with Crippen LogP contribution in [-0.4, -0.2) is 24.1 Å². The van der Waals surface area contributed by atoms with Gasteiger partial charge in [-0.2, -0.15) is 0 Å². The van der Waals surface area contributed by atoms with E-state index in [0.717, 1.165) is 38.5 Å². The minimum atomic E-state index is -0.567. The molecule has 4 heteroatoms. The van der Waals surface area contributed by atoms with Gasteiger partial charge in [0, 0.05) is 0 Å². The van der Waals surface area contributed by atoms with Crippen molar-refractivity contribution in [3.63, 3.8) is 0 Å². The van der Waals surface area contributed by atoms with Gasteiger partial charge in [0.2, 0.25) is 0 Å². The fraction of sp³-hybridized carbons (Fsp3) is 0.696. The molecule has 278 valence electrons. The normalized spacial score (nSPS) is 18.3. The van der Waals surface area contributed by atoms with Crippen molar-refractivity contribution in [1.29, 1.82) is 0 Å². The summed E-state index contributed by atoms with van der Waals surface area (Å²) in [6, 6.07) is 13.1. The lowest BCUT2D eigenvalue weighted by molar-refractivity contribution is -0.0241. The molecular formula is C46H70O4. The third kappa shape index (κ3) is 11.2. The molecule has 4 rings (SSSR count). The van der Waals surface area contributed by atoms with E-state index in [1.165, 1.54) is 112 Å². The van der Waals surface area contributed by atoms with E-state index in [-0.39, 0.29) is 11.9 Å². The van der Waals surface area contributed by atoms with E-state index in [2.05, 4.69) is 52.0 Å². The second-order valence-electron chi connectivity index (χ2n) is 15.8. The van der Waals surface area contributed by atoms with E-state index in [0.29, 0.717) is 34.8 Å². The molecule has 2 aromatic carbocycles. The van der Waals surface area contributed by atoms with Crippen LogP contribution in [0.15, 0.2) is 36.4 Å². The van der Waals surface area contributed by atoms with E-state index in [9.17, 15) is 9.59 Å². The van der Waals surface area contributed by atoms with Crippen LogP contribution in [0.4, 0.5) is 0 Å². The molecule has 0 aliphatic heterocycles. The van der Waals surface area contributed by atoms with Gasteiger partial charge < -0.3 is 9.47 Å². The molecule has 50 heavy (non-hydrogen) atoms. The van der Waals surface area contributed by atoms with Crippen LogP contribution in [0.2, 0.25) is 0 Å². The predicted octanol–water partition coefficient (Wildman–Crippen LogP) is 13.7. The molecular weight excluding hydrogens is 617 g/mol. The van der Waals surface area contributed by atoms with Crippen LogP contribution in [0, 0.1) is 0 Å². The lowest BCUT2D eigenvalue weighted by Gasteiger charge is -2.28. The Balaban J connectivity index is 1.52. The molecule has 0 saturated heterocycles. The van der Waals surface area contributed by atoms with Gasteiger partial charge >= 0.3 is 11.9 Å². The maximum Gasteiger partial charge on any atom is 0.338 e. The van der Waals surface area contributed by atoms with Crippen LogP contribution in [0.1, 0.15) is 237 Å². The fourth-order valence-corrected chi connectivity index (χ4v) is 8.75. The maximum atomic E-state index is 13.9. The molecule has 2 fully saturated rings. The van der Waals surface area contributed by atoms with Gasteiger partial charge in [-0.3, -0.25) is 0 Å². The summed E-state index contributed by atoms with van der Waals surface area (Å²) < 4.78 is 12.2. The molecule has 2 saturated carbocycles. The minimum absolute atomic E-state index is 0.297. The molecule has 0 spiro atoms. The second-order valence-corrected chi connectivity index (χ2v) is 15.8. The van der Waals surface area contributed by atoms with Gasteiger partial charge in [-0.05, 0) is 123 Å². The van der Waals surface area contributed by atoms with Gasteiger partial charge in [0.1, 0.15) is 12.2 Å². The lowest BCUT2D eigenvalue weighted by atomic mass is 9.79. The topological polar surface area (TPSA) is 52.6 Å². The first-order chi connectivity index (χ1) is 24.3. The zero-order valence-corrected chi connectivity index (χ0v) is 32.7. The summed E-state index contributed by atoms with van der Waals surface area (Å²) in [5.41, 5.74) is 6.46. The molecule has 0 heterocycles. The number of unbranched alkanes of at least 4 members (excludes halogenated alkanes) is 2. The first-order valence-electron chi connectivity index (χ1n) is 21.0. The highest BCUT2D eigenvalue weighted by atomic mass is 16.6. The first-order valence-corrected chi connectivity index (χ1v) is 21.0. The third-order valence-electron chi connectivity index (χ3n) is 12.0. The molecule has 0 N–H and O–H groups in total. The molecule has 4 atom stereocenters. The summed E-state index contributed by atoms with van der Waals surface area (Å²) in [5.74, 6) is 1.26. The van der Waals surface area contributed by atoms with Gasteiger partial charge in [0.15, 0.2) is 0 Å². The van der Waals surface area contributed by atoms with Gasteiger partial charge in [0.25, 0.3) is 0 Å². The van der Waals surface area contributed by atoms with Crippen LogP contribution in [0.5, 0.6) is 0 Å². The van der Waals surface area contributed by atoms with Crippen LogP contribution >= 0.6 is 0 Å². The highest BCUT2D eigenvalue weighted by molar-refractivity contribution is 5.92. The summed E-state index contributed by atoms with van der Waals surface area (Å²) in [5, 5.41) is 0. The molecule has 2 aliphatic rings. The van der Waals surface area contributed by atoms with Crippen LogP contribution in [0.25, 0.3) is 0 Å². The van der Waals surface area contributed by atoms with Crippen molar-refractivity contribution in [3.05, 3.63) is 69.8 Å². The zero-order valence-electron chi connectivity index (χ0n) is 32.7. The standard InChI is InChI=1S/C46H70O4/c1-7-11-21-35(19-9-3)39-27-29-41(43(31-39)37-23-15-13-16-24-37)45(47)49-33(5)34(6)50-46(48)42-30-28-40(36(20-10-4)22-12-8-2)32-44(42)38-25-17-14-18-26-38/h27-38H,7-26H2,1-6H3. The average molecular weight is 687 g/mol. The first kappa shape index (κ1) is 40.2. The third-order valence-corrected chi connectivity index (χ3v) is 12.0. The van der Waals surface area contributed by atoms with Crippen molar-refractivity contribution in [3.8, 4) is 0 Å². The Morgan fingerprint density at radius 3 is 1.28 bits per heavy atom. The number of benzene rings is 2. The van der Waals surface area contributed by atoms with Crippen LogP contribution in [-0.2, 0) is 9.47 Å². The van der Waals surface area contributed by atoms with E-state index < -0.39 is 12.2 Å². The Bertz CT molecular complexity index is 1220. The average Bonchev–Trinajstić information content (AvgIpc) is 3.15. The number of hydrogen-bond donors (Lipinski definition) is 0. The lowest BCUT2D eigenvalue weighted by Crippen LogP contribution is -2.31. The quantitative estimate of drug-likeness (QED) is 0.138. The van der Waals surface area contributed by atoms with E-state index >= 15 is 0 Å². The van der Waals surface area contributed by atoms with Crippen LogP contribution < -0.4 is 0 Å². The fourth-order valence-electron chi connectivity index (χ4n) is 8.75. The number of ether oxygens (including phenoxy) is 2. The molecule has 4 unspecified atom stereocenters. The number of rotatable bonds is 19. The van der Waals surface area contributed by atoms with Crippen molar-refractivity contribution in [1.82, 2.24) is 0 Å². The molecule has 0 radical (unpaired) electrons. The van der Waals surface area contributed by atoms with Crippen LogP contribution in [0.3, 0.4) is 0 Å². The summed E-state index contributed by atoms with van der Waals surface area (Å²) in [6.07, 6.45) is 22.7. The number of esters is 2. The van der Waals surface area contributed by atoms with Crippen molar-refractivity contribution in [2.75, 3.05) is 0 Å². The van der Waals surface area contributed by atoms with Crippen molar-refractivity contribution in [2.24, 2.45) is 0 Å². The number of carbonyl (C=O) groups excluding carboxylic acids is 2. The van der Waals surface area contributed by atoms with E-state index in [4.69, 9.17) is 9.47 Å². The molecule has 0 bridgehead atoms. The predicted molar refractivity (Wildman–Crippen MR) is 209 cm³/mol. The Morgan fingerprint density at radius 2 is 0.940 bits per heavy atom. The smallest absolute Gasteiger partial charge is 0.338 e. The number of carbonyl (C=O) groups is 2. The maximum absolute atomic E-state index is 13.9. The molecule has 4 nitrogen and oxygen atoms in total. The van der Waals surface area contributed by atoms with Gasteiger partial charge in [0.05, 0.1) is 11.1 Å². The molecule has 0 amide bonds. The Labute approximate surface area is 305 Å². The van der Waals surface area contributed by atoms with E-state index in [1.54, 1.807) is 0 Å². The Morgan fingerprint density at radius 1 is 0.560 bits per heavy atom. The van der Waals surface area contributed by atoms with Gasteiger partial charge in [-0.15, -0.1) is 0 Å². The van der Waals surface area contributed by atoms with Gasteiger partial charge in [-0.25, -0.2) is 9.59 Å². The summed E-state index contributed by atoms with van der Waals surface area (Å²) in [7, 11) is 0. The minimum Gasteiger partial charge on any atom is -0.455 e.